The van der Waals surface area contributed by atoms with E-state index < -0.39 is 5.82 Å². The van der Waals surface area contributed by atoms with E-state index in [4.69, 9.17) is 0 Å². The summed E-state index contributed by atoms with van der Waals surface area (Å²) in [6.07, 6.45) is 2.01. The maximum atomic E-state index is 14.2. The van der Waals surface area contributed by atoms with E-state index in [9.17, 15) is 9.18 Å². The van der Waals surface area contributed by atoms with Gasteiger partial charge in [0.1, 0.15) is 5.82 Å². The molecular formula is C14H18FNO. The van der Waals surface area contributed by atoms with Gasteiger partial charge in [-0.1, -0.05) is 32.9 Å². The second-order valence-electron chi connectivity index (χ2n) is 5.66. The van der Waals surface area contributed by atoms with Crippen molar-refractivity contribution in [1.82, 2.24) is 5.32 Å². The number of carbonyl (C=O) groups excluding carboxylic acids is 1. The van der Waals surface area contributed by atoms with Gasteiger partial charge in [-0.25, -0.2) is 4.39 Å². The Kier molecular flexibility index (Phi) is 2.94. The molecule has 2 rings (SSSR count). The molecule has 1 N–H and O–H groups in total. The molecule has 0 saturated heterocycles. The summed E-state index contributed by atoms with van der Waals surface area (Å²) >= 11 is 0. The Balaban J connectivity index is 2.31. The quantitative estimate of drug-likeness (QED) is 0.838. The van der Waals surface area contributed by atoms with E-state index in [1.807, 2.05) is 20.8 Å². The lowest BCUT2D eigenvalue weighted by Gasteiger charge is -2.20. The minimum atomic E-state index is -0.391. The number of carbonyl (C=O) groups is 1. The molecule has 0 atom stereocenters. The highest BCUT2D eigenvalue weighted by atomic mass is 19.1. The maximum absolute atomic E-state index is 14.2. The molecule has 1 aliphatic rings. The third-order valence-electron chi connectivity index (χ3n) is 2.96. The lowest BCUT2D eigenvalue weighted by Crippen LogP contribution is -2.27. The highest BCUT2D eigenvalue weighted by Crippen LogP contribution is 2.27. The molecule has 92 valence electrons. The first kappa shape index (κ1) is 12.1. The van der Waals surface area contributed by atoms with Gasteiger partial charge < -0.3 is 5.32 Å². The Morgan fingerprint density at radius 1 is 1.35 bits per heavy atom. The number of benzene rings is 1. The Hall–Kier alpha value is -1.38. The highest BCUT2D eigenvalue weighted by molar-refractivity contribution is 5.95. The van der Waals surface area contributed by atoms with Crippen molar-refractivity contribution in [2.24, 2.45) is 0 Å². The van der Waals surface area contributed by atoms with Crippen molar-refractivity contribution in [3.05, 3.63) is 35.1 Å². The molecule has 17 heavy (non-hydrogen) atoms. The zero-order chi connectivity index (χ0) is 12.6. The van der Waals surface area contributed by atoms with Gasteiger partial charge in [0.05, 0.1) is 5.56 Å². The lowest BCUT2D eigenvalue weighted by atomic mass is 9.85. The maximum Gasteiger partial charge on any atom is 0.254 e. The van der Waals surface area contributed by atoms with Crippen LogP contribution < -0.4 is 5.32 Å². The summed E-state index contributed by atoms with van der Waals surface area (Å²) in [4.78, 5) is 11.8. The zero-order valence-electron chi connectivity index (χ0n) is 10.5. The molecular weight excluding hydrogens is 217 g/mol. The Bertz CT molecular complexity index is 444. The summed E-state index contributed by atoms with van der Waals surface area (Å²) in [5.74, 6) is -0.686. The minimum Gasteiger partial charge on any atom is -0.349 e. The normalized spacial score (nSPS) is 15.8. The van der Waals surface area contributed by atoms with Crippen molar-refractivity contribution in [3.8, 4) is 0 Å². The number of hydrogen-bond acceptors (Lipinski definition) is 1. The molecule has 2 nitrogen and oxygen atoms in total. The van der Waals surface area contributed by atoms with Gasteiger partial charge in [0.2, 0.25) is 0 Å². The van der Waals surface area contributed by atoms with Gasteiger partial charge in [-0.3, -0.25) is 4.79 Å². The van der Waals surface area contributed by atoms with Crippen molar-refractivity contribution in [2.75, 3.05) is 0 Å². The Morgan fingerprint density at radius 3 is 2.53 bits per heavy atom. The van der Waals surface area contributed by atoms with Crippen LogP contribution in [-0.2, 0) is 5.41 Å². The fourth-order valence-corrected chi connectivity index (χ4v) is 1.78. The van der Waals surface area contributed by atoms with Crippen LogP contribution in [0.1, 0.15) is 49.5 Å². The van der Waals surface area contributed by atoms with Crippen LogP contribution >= 0.6 is 0 Å². The summed E-state index contributed by atoms with van der Waals surface area (Å²) in [6, 6.07) is 5.27. The van der Waals surface area contributed by atoms with Crippen molar-refractivity contribution >= 4 is 5.91 Å². The second kappa shape index (κ2) is 4.13. The molecule has 1 aromatic rings. The van der Waals surface area contributed by atoms with Crippen LogP contribution in [0, 0.1) is 5.82 Å². The van der Waals surface area contributed by atoms with Gasteiger partial charge >= 0.3 is 0 Å². The first-order valence-electron chi connectivity index (χ1n) is 5.99. The molecule has 1 saturated carbocycles. The number of rotatable bonds is 2. The number of nitrogens with one attached hydrogen (secondary N) is 1. The minimum absolute atomic E-state index is 0.157. The van der Waals surface area contributed by atoms with Crippen molar-refractivity contribution in [2.45, 2.75) is 45.1 Å². The molecule has 0 bridgehead atoms. The molecule has 1 aliphatic carbocycles. The van der Waals surface area contributed by atoms with Crippen molar-refractivity contribution in [1.29, 1.82) is 0 Å². The van der Waals surface area contributed by atoms with Gasteiger partial charge in [-0.15, -0.1) is 0 Å². The predicted octanol–water partition coefficient (Wildman–Crippen LogP) is 3.02. The zero-order valence-corrected chi connectivity index (χ0v) is 10.5. The summed E-state index contributed by atoms with van der Waals surface area (Å²) in [6.45, 7) is 5.82. The lowest BCUT2D eigenvalue weighted by molar-refractivity contribution is 0.0946. The van der Waals surface area contributed by atoms with Crippen LogP contribution in [0.5, 0.6) is 0 Å². The molecule has 0 aromatic heterocycles. The molecule has 0 radical (unpaired) electrons. The summed E-state index contributed by atoms with van der Waals surface area (Å²) in [5.41, 5.74) is 0.449. The topological polar surface area (TPSA) is 29.1 Å². The number of amides is 1. The SMILES string of the molecule is CC(C)(C)c1cccc(C(=O)NC2CC2)c1F. The van der Waals surface area contributed by atoms with Crippen LogP contribution in [-0.4, -0.2) is 11.9 Å². The fourth-order valence-electron chi connectivity index (χ4n) is 1.78. The Labute approximate surface area is 101 Å². The highest BCUT2D eigenvalue weighted by Gasteiger charge is 2.27. The van der Waals surface area contributed by atoms with Gasteiger partial charge in [-0.2, -0.15) is 0 Å². The van der Waals surface area contributed by atoms with E-state index in [1.165, 1.54) is 0 Å². The van der Waals surface area contributed by atoms with E-state index in [2.05, 4.69) is 5.32 Å². The van der Waals surface area contributed by atoms with Crippen LogP contribution in [0.15, 0.2) is 18.2 Å². The predicted molar refractivity (Wildman–Crippen MR) is 65.6 cm³/mol. The van der Waals surface area contributed by atoms with Crippen molar-refractivity contribution < 1.29 is 9.18 Å². The van der Waals surface area contributed by atoms with Gasteiger partial charge in [0.15, 0.2) is 0 Å². The van der Waals surface area contributed by atoms with E-state index in [1.54, 1.807) is 18.2 Å². The molecule has 3 heteroatoms. The fraction of sp³-hybridized carbons (Fsp3) is 0.500. The second-order valence-corrected chi connectivity index (χ2v) is 5.66. The summed E-state index contributed by atoms with van der Waals surface area (Å²) < 4.78 is 14.2. The van der Waals surface area contributed by atoms with E-state index in [0.29, 0.717) is 5.56 Å². The van der Waals surface area contributed by atoms with Crippen LogP contribution in [0.3, 0.4) is 0 Å². The van der Waals surface area contributed by atoms with Crippen LogP contribution in [0.4, 0.5) is 4.39 Å². The third-order valence-corrected chi connectivity index (χ3v) is 2.96. The molecule has 0 aliphatic heterocycles. The van der Waals surface area contributed by atoms with Crippen LogP contribution in [0.25, 0.3) is 0 Å². The molecule has 0 heterocycles. The van der Waals surface area contributed by atoms with Crippen LogP contribution in [0.2, 0.25) is 0 Å². The largest absolute Gasteiger partial charge is 0.349 e. The molecule has 1 aromatic carbocycles. The third kappa shape index (κ3) is 2.65. The standard InChI is InChI=1S/C14H18FNO/c1-14(2,3)11-6-4-5-10(12(11)15)13(17)16-9-7-8-9/h4-6,9H,7-8H2,1-3H3,(H,16,17). The monoisotopic (exact) mass is 235 g/mol. The van der Waals surface area contributed by atoms with Gasteiger partial charge in [0, 0.05) is 6.04 Å². The molecule has 0 unspecified atom stereocenters. The number of hydrogen-bond donors (Lipinski definition) is 1. The molecule has 1 fully saturated rings. The summed E-state index contributed by atoms with van der Waals surface area (Å²) in [5, 5.41) is 2.81. The van der Waals surface area contributed by atoms with E-state index in [0.717, 1.165) is 12.8 Å². The van der Waals surface area contributed by atoms with Gasteiger partial charge in [-0.05, 0) is 29.9 Å². The van der Waals surface area contributed by atoms with E-state index in [-0.39, 0.29) is 22.9 Å². The average molecular weight is 235 g/mol. The van der Waals surface area contributed by atoms with E-state index >= 15 is 0 Å². The average Bonchev–Trinajstić information content (AvgIpc) is 3.00. The van der Waals surface area contributed by atoms with Gasteiger partial charge in [0.25, 0.3) is 5.91 Å². The summed E-state index contributed by atoms with van der Waals surface area (Å²) in [7, 11) is 0. The molecule has 1 amide bonds. The smallest absolute Gasteiger partial charge is 0.254 e. The van der Waals surface area contributed by atoms with Crippen molar-refractivity contribution in [3.63, 3.8) is 0 Å². The number of halogens is 1. The first-order valence-corrected chi connectivity index (χ1v) is 5.99. The Morgan fingerprint density at radius 2 is 2.00 bits per heavy atom. The molecule has 0 spiro atoms. The first-order chi connectivity index (χ1) is 7.89.